The van der Waals surface area contributed by atoms with Gasteiger partial charge in [0.05, 0.1) is 30.3 Å². The summed E-state index contributed by atoms with van der Waals surface area (Å²) in [5.74, 6) is 0.128. The number of sulfonamides is 1. The average molecular weight is 627 g/mol. The second-order valence-electron chi connectivity index (χ2n) is 13.1. The Kier molecular flexibility index (Phi) is 7.73. The Labute approximate surface area is 258 Å². The van der Waals surface area contributed by atoms with E-state index < -0.39 is 27.3 Å². The van der Waals surface area contributed by atoms with E-state index in [1.54, 1.807) is 18.2 Å². The lowest BCUT2D eigenvalue weighted by Gasteiger charge is -2.45. The van der Waals surface area contributed by atoms with E-state index in [4.69, 9.17) is 21.1 Å². The van der Waals surface area contributed by atoms with Crippen LogP contribution in [0, 0.1) is 17.8 Å². The lowest BCUT2D eigenvalue weighted by atomic mass is 9.68. The molecule has 1 spiro atoms. The van der Waals surface area contributed by atoms with Gasteiger partial charge in [-0.2, -0.15) is 0 Å². The van der Waals surface area contributed by atoms with Gasteiger partial charge in [0, 0.05) is 41.6 Å². The molecule has 3 aliphatic heterocycles. The quantitative estimate of drug-likeness (QED) is 0.411. The first-order valence-electron chi connectivity index (χ1n) is 15.5. The Bertz CT molecular complexity index is 1550. The van der Waals surface area contributed by atoms with Crippen LogP contribution in [0.5, 0.6) is 5.75 Å². The van der Waals surface area contributed by atoms with Gasteiger partial charge in [0.2, 0.25) is 10.0 Å². The number of nitrogens with one attached hydrogen (secondary N) is 1. The third-order valence-corrected chi connectivity index (χ3v) is 12.6. The lowest BCUT2D eigenvalue weighted by Crippen LogP contribution is -2.49. The van der Waals surface area contributed by atoms with Gasteiger partial charge in [-0.1, -0.05) is 29.8 Å². The van der Waals surface area contributed by atoms with E-state index in [1.165, 1.54) is 11.1 Å². The minimum absolute atomic E-state index is 0.110. The van der Waals surface area contributed by atoms with Crippen molar-refractivity contribution >= 4 is 33.2 Å². The number of ether oxygens (including phenoxy) is 2. The van der Waals surface area contributed by atoms with E-state index in [2.05, 4.69) is 21.8 Å². The van der Waals surface area contributed by atoms with Crippen LogP contribution in [0.15, 0.2) is 48.6 Å². The number of anilines is 1. The molecule has 2 fully saturated rings. The maximum atomic E-state index is 13.5. The topological polar surface area (TPSA) is 105 Å². The molecule has 230 valence electrons. The molecule has 2 bridgehead atoms. The van der Waals surface area contributed by atoms with Crippen molar-refractivity contribution in [2.75, 3.05) is 37.8 Å². The normalized spacial score (nSPS) is 34.3. The maximum Gasteiger partial charge on any atom is 0.264 e. The number of benzene rings is 2. The Morgan fingerprint density at radius 3 is 2.81 bits per heavy atom. The number of nitrogens with zero attached hydrogens (tertiary/aromatic N) is 1. The fraction of sp³-hybridized carbons (Fsp3) is 0.545. The molecule has 0 unspecified atom stereocenters. The van der Waals surface area contributed by atoms with Crippen molar-refractivity contribution in [1.82, 2.24) is 4.72 Å². The van der Waals surface area contributed by atoms with Crippen LogP contribution in [0.25, 0.3) is 0 Å². The van der Waals surface area contributed by atoms with E-state index in [0.717, 1.165) is 42.8 Å². The molecule has 2 N–H and O–H groups in total. The standard InChI is InChI=1S/C33H39ClN2O6S/c34-25-8-10-27-21(15-25)4-2-13-33(27)19-36-17-23-6-9-26(23)29(37)5-1-3-24-18-41-14-12-31(24)43(39,40)35-32(38)22-7-11-30(42-20-33)28(36)16-22/h1,5,7-8,10-11,15-16,23-24,26,29,31,37H,2-4,6,9,12-14,17-20H2,(H,35,38)/b5-1-/t23-,24+,26+,29-,31+,33-/m0/s1. The van der Waals surface area contributed by atoms with Gasteiger partial charge < -0.3 is 19.5 Å². The molecule has 3 heterocycles. The summed E-state index contributed by atoms with van der Waals surface area (Å²) in [5, 5.41) is 11.2. The van der Waals surface area contributed by atoms with E-state index in [-0.39, 0.29) is 28.7 Å². The number of fused-ring (bicyclic) bond motifs is 5. The molecule has 2 aromatic carbocycles. The summed E-state index contributed by atoms with van der Waals surface area (Å²) in [6.07, 6.45) is 8.81. The molecule has 0 radical (unpaired) electrons. The second-order valence-corrected chi connectivity index (χ2v) is 15.4. The number of halogens is 1. The number of aryl methyl sites for hydroxylation is 1. The monoisotopic (exact) mass is 626 g/mol. The maximum absolute atomic E-state index is 13.5. The lowest BCUT2D eigenvalue weighted by molar-refractivity contribution is 0.0446. The van der Waals surface area contributed by atoms with Gasteiger partial charge >= 0.3 is 0 Å². The molecule has 2 aliphatic carbocycles. The van der Waals surface area contributed by atoms with Gasteiger partial charge in [-0.3, -0.25) is 4.79 Å². The second kappa shape index (κ2) is 11.4. The number of allylic oxidation sites excluding steroid dienone is 1. The molecule has 1 saturated carbocycles. The van der Waals surface area contributed by atoms with Gasteiger partial charge in [0.1, 0.15) is 5.75 Å². The number of carbonyl (C=O) groups excluding carboxylic acids is 1. The number of hydrogen-bond donors (Lipinski definition) is 2. The summed E-state index contributed by atoms with van der Waals surface area (Å²) >= 11 is 6.39. The largest absolute Gasteiger partial charge is 0.490 e. The molecule has 6 atom stereocenters. The zero-order valence-electron chi connectivity index (χ0n) is 24.2. The van der Waals surface area contributed by atoms with Crippen LogP contribution in [0.3, 0.4) is 0 Å². The van der Waals surface area contributed by atoms with Crippen molar-refractivity contribution < 1.29 is 27.8 Å². The van der Waals surface area contributed by atoms with Crippen molar-refractivity contribution in [3.05, 3.63) is 70.3 Å². The summed E-state index contributed by atoms with van der Waals surface area (Å²) < 4.78 is 41.5. The fourth-order valence-corrected chi connectivity index (χ4v) is 9.84. The van der Waals surface area contributed by atoms with Crippen molar-refractivity contribution in [3.63, 3.8) is 0 Å². The molecule has 1 amide bonds. The molecule has 43 heavy (non-hydrogen) atoms. The molecule has 8 nitrogen and oxygen atoms in total. The minimum Gasteiger partial charge on any atom is -0.490 e. The van der Waals surface area contributed by atoms with Crippen molar-refractivity contribution in [2.24, 2.45) is 17.8 Å². The Balaban J connectivity index is 1.29. The number of aliphatic hydroxyl groups excluding tert-OH is 1. The molecule has 2 aromatic rings. The van der Waals surface area contributed by atoms with Gasteiger partial charge in [0.15, 0.2) is 0 Å². The van der Waals surface area contributed by atoms with Crippen LogP contribution in [0.1, 0.15) is 60.0 Å². The third kappa shape index (κ3) is 5.47. The third-order valence-electron chi connectivity index (χ3n) is 10.5. The molecule has 7 rings (SSSR count). The SMILES string of the molecule is O=C1NS(=O)(=O)[C@@H]2CCOC[C@H]2C/C=C\[C@H](O)[C@@H]2CC[C@H]2CN2C[C@@]3(CCCc4cc(Cl)ccc43)COc3ccc1cc32. The Morgan fingerprint density at radius 1 is 1.09 bits per heavy atom. The molecule has 5 aliphatic rings. The van der Waals surface area contributed by atoms with E-state index in [1.807, 2.05) is 18.2 Å². The summed E-state index contributed by atoms with van der Waals surface area (Å²) in [7, 11) is -3.96. The first-order valence-corrected chi connectivity index (χ1v) is 17.4. The van der Waals surface area contributed by atoms with Crippen LogP contribution in [-0.4, -0.2) is 63.7 Å². The minimum atomic E-state index is -3.96. The predicted molar refractivity (Wildman–Crippen MR) is 165 cm³/mol. The summed E-state index contributed by atoms with van der Waals surface area (Å²) in [6.45, 7) is 2.52. The number of hydrogen-bond acceptors (Lipinski definition) is 7. The smallest absolute Gasteiger partial charge is 0.264 e. The first-order chi connectivity index (χ1) is 20.7. The predicted octanol–water partition coefficient (Wildman–Crippen LogP) is 4.62. The molecule has 0 aromatic heterocycles. The zero-order valence-corrected chi connectivity index (χ0v) is 25.8. The van der Waals surface area contributed by atoms with Crippen molar-refractivity contribution in [1.29, 1.82) is 0 Å². The van der Waals surface area contributed by atoms with E-state index >= 15 is 0 Å². The molecular weight excluding hydrogens is 588 g/mol. The highest BCUT2D eigenvalue weighted by Gasteiger charge is 2.44. The summed E-state index contributed by atoms with van der Waals surface area (Å²) in [5.41, 5.74) is 3.31. The van der Waals surface area contributed by atoms with Gasteiger partial charge in [-0.15, -0.1) is 0 Å². The molecular formula is C33H39ClN2O6S. The summed E-state index contributed by atoms with van der Waals surface area (Å²) in [6, 6.07) is 11.4. The Morgan fingerprint density at radius 2 is 1.98 bits per heavy atom. The van der Waals surface area contributed by atoms with Crippen LogP contribution in [0.4, 0.5) is 5.69 Å². The summed E-state index contributed by atoms with van der Waals surface area (Å²) in [4.78, 5) is 15.8. The highest BCUT2D eigenvalue weighted by molar-refractivity contribution is 7.90. The van der Waals surface area contributed by atoms with Gasteiger partial charge in [-0.25, -0.2) is 13.1 Å². The Hall–Kier alpha value is -2.59. The molecule has 1 saturated heterocycles. The van der Waals surface area contributed by atoms with Crippen LogP contribution >= 0.6 is 11.6 Å². The average Bonchev–Trinajstić information content (AvgIpc) is 3.11. The number of carbonyl (C=O) groups is 1. The highest BCUT2D eigenvalue weighted by Crippen LogP contribution is 2.47. The number of rotatable bonds is 0. The van der Waals surface area contributed by atoms with Gasteiger partial charge in [0.25, 0.3) is 5.91 Å². The van der Waals surface area contributed by atoms with Crippen LogP contribution in [0.2, 0.25) is 5.02 Å². The van der Waals surface area contributed by atoms with Crippen molar-refractivity contribution in [2.45, 2.75) is 61.7 Å². The fourth-order valence-electron chi connectivity index (χ4n) is 8.01. The van der Waals surface area contributed by atoms with Crippen molar-refractivity contribution in [3.8, 4) is 5.75 Å². The molecule has 10 heteroatoms. The highest BCUT2D eigenvalue weighted by atomic mass is 35.5. The van der Waals surface area contributed by atoms with E-state index in [9.17, 15) is 18.3 Å². The zero-order chi connectivity index (χ0) is 29.8. The van der Waals surface area contributed by atoms with Gasteiger partial charge in [-0.05, 0) is 98.2 Å². The van der Waals surface area contributed by atoms with Crippen LogP contribution < -0.4 is 14.4 Å². The number of amides is 1. The van der Waals surface area contributed by atoms with E-state index in [0.29, 0.717) is 51.5 Å². The number of aliphatic hydroxyl groups is 1. The van der Waals surface area contributed by atoms with Crippen LogP contribution in [-0.2, 0) is 26.6 Å². The first kappa shape index (κ1) is 29.1.